The van der Waals surface area contributed by atoms with Crippen molar-refractivity contribution in [3.8, 4) is 0 Å². The molecule has 1 aromatic rings. The lowest BCUT2D eigenvalue weighted by molar-refractivity contribution is -0.148. The normalized spacial score (nSPS) is 12.5. The molecule has 0 unspecified atom stereocenters. The topological polar surface area (TPSA) is 46.5 Å². The highest BCUT2D eigenvalue weighted by molar-refractivity contribution is 5.72. The Bertz CT molecular complexity index is 358. The number of carboxylic acid groups (broad SMARTS) is 1. The Morgan fingerprint density at radius 2 is 2.07 bits per heavy atom. The van der Waals surface area contributed by atoms with Gasteiger partial charge in [-0.1, -0.05) is 18.2 Å². The number of ether oxygens (including phenoxy) is 1. The van der Waals surface area contributed by atoms with Crippen LogP contribution in [0.4, 0.5) is 0 Å². The van der Waals surface area contributed by atoms with Crippen LogP contribution < -0.4 is 0 Å². The van der Waals surface area contributed by atoms with Gasteiger partial charge in [0.1, 0.15) is 0 Å². The quantitative estimate of drug-likeness (QED) is 0.822. The van der Waals surface area contributed by atoms with Crippen LogP contribution in [0.25, 0.3) is 0 Å². The molecule has 0 bridgehead atoms. The van der Waals surface area contributed by atoms with Crippen molar-refractivity contribution in [3.05, 3.63) is 34.9 Å². The second kappa shape index (κ2) is 4.94. The largest absolute Gasteiger partial charge is 0.479 e. The molecule has 0 radical (unpaired) electrons. The van der Waals surface area contributed by atoms with Crippen LogP contribution in [0.3, 0.4) is 0 Å². The average Bonchev–Trinajstić information content (AvgIpc) is 2.19. The van der Waals surface area contributed by atoms with Crippen LogP contribution in [0.15, 0.2) is 18.2 Å². The van der Waals surface area contributed by atoms with Crippen LogP contribution in [-0.4, -0.2) is 24.3 Å². The zero-order chi connectivity index (χ0) is 11.4. The number of aliphatic carboxylic acids is 1. The van der Waals surface area contributed by atoms with Crippen molar-refractivity contribution >= 4 is 5.97 Å². The first-order valence-electron chi connectivity index (χ1n) is 4.86. The fourth-order valence-electron chi connectivity index (χ4n) is 1.42. The summed E-state index contributed by atoms with van der Waals surface area (Å²) < 4.78 is 4.89. The predicted molar refractivity (Wildman–Crippen MR) is 58.1 cm³/mol. The molecule has 0 saturated carbocycles. The number of carboxylic acids is 1. The Hall–Kier alpha value is -1.35. The fourth-order valence-corrected chi connectivity index (χ4v) is 1.42. The maximum atomic E-state index is 10.8. The Labute approximate surface area is 89.7 Å². The van der Waals surface area contributed by atoms with Crippen LogP contribution in [0, 0.1) is 13.8 Å². The van der Waals surface area contributed by atoms with Gasteiger partial charge in [-0.15, -0.1) is 0 Å². The third-order valence-corrected chi connectivity index (χ3v) is 2.55. The lowest BCUT2D eigenvalue weighted by Crippen LogP contribution is -2.24. The van der Waals surface area contributed by atoms with Crippen molar-refractivity contribution in [2.75, 3.05) is 7.11 Å². The molecular formula is C12H16O3. The van der Waals surface area contributed by atoms with Gasteiger partial charge in [0.15, 0.2) is 6.10 Å². The predicted octanol–water partition coefficient (Wildman–Crippen LogP) is 1.95. The zero-order valence-corrected chi connectivity index (χ0v) is 9.28. The first-order valence-corrected chi connectivity index (χ1v) is 4.86. The molecule has 0 spiro atoms. The summed E-state index contributed by atoms with van der Waals surface area (Å²) in [6.07, 6.45) is -0.348. The van der Waals surface area contributed by atoms with Crippen molar-refractivity contribution in [3.63, 3.8) is 0 Å². The highest BCUT2D eigenvalue weighted by Crippen LogP contribution is 2.12. The smallest absolute Gasteiger partial charge is 0.333 e. The number of hydrogen-bond donors (Lipinski definition) is 1. The molecule has 0 heterocycles. The Kier molecular flexibility index (Phi) is 3.86. The lowest BCUT2D eigenvalue weighted by atomic mass is 10.0. The molecule has 82 valence electrons. The van der Waals surface area contributed by atoms with Crippen molar-refractivity contribution < 1.29 is 14.6 Å². The van der Waals surface area contributed by atoms with Gasteiger partial charge in [0, 0.05) is 13.5 Å². The number of methoxy groups -OCH3 is 1. The van der Waals surface area contributed by atoms with Crippen LogP contribution >= 0.6 is 0 Å². The first kappa shape index (κ1) is 11.7. The first-order chi connectivity index (χ1) is 7.04. The second-order valence-corrected chi connectivity index (χ2v) is 3.69. The van der Waals surface area contributed by atoms with Crippen molar-refractivity contribution in [1.82, 2.24) is 0 Å². The Morgan fingerprint density at radius 3 is 2.53 bits per heavy atom. The molecule has 1 aromatic carbocycles. The maximum Gasteiger partial charge on any atom is 0.333 e. The van der Waals surface area contributed by atoms with Gasteiger partial charge in [-0.2, -0.15) is 0 Å². The lowest BCUT2D eigenvalue weighted by Gasteiger charge is -2.11. The molecular weight excluding hydrogens is 192 g/mol. The van der Waals surface area contributed by atoms with E-state index in [0.29, 0.717) is 6.42 Å². The van der Waals surface area contributed by atoms with E-state index in [-0.39, 0.29) is 0 Å². The van der Waals surface area contributed by atoms with Gasteiger partial charge in [0.25, 0.3) is 0 Å². The van der Waals surface area contributed by atoms with E-state index >= 15 is 0 Å². The van der Waals surface area contributed by atoms with Crippen LogP contribution in [0.2, 0.25) is 0 Å². The van der Waals surface area contributed by atoms with Crippen molar-refractivity contribution in [2.45, 2.75) is 26.4 Å². The van der Waals surface area contributed by atoms with Gasteiger partial charge in [-0.3, -0.25) is 0 Å². The third-order valence-electron chi connectivity index (χ3n) is 2.55. The molecule has 0 amide bonds. The summed E-state index contributed by atoms with van der Waals surface area (Å²) in [5.41, 5.74) is 3.38. The van der Waals surface area contributed by atoms with E-state index in [4.69, 9.17) is 9.84 Å². The van der Waals surface area contributed by atoms with E-state index in [2.05, 4.69) is 0 Å². The highest BCUT2D eigenvalue weighted by atomic mass is 16.5. The minimum absolute atomic E-state index is 0.410. The molecule has 3 nitrogen and oxygen atoms in total. The van der Waals surface area contributed by atoms with E-state index in [1.54, 1.807) is 0 Å². The van der Waals surface area contributed by atoms with Crippen molar-refractivity contribution in [2.24, 2.45) is 0 Å². The van der Waals surface area contributed by atoms with Gasteiger partial charge in [0.05, 0.1) is 0 Å². The summed E-state index contributed by atoms with van der Waals surface area (Å²) >= 11 is 0. The molecule has 0 saturated heterocycles. The van der Waals surface area contributed by atoms with Gasteiger partial charge in [-0.25, -0.2) is 4.79 Å². The standard InChI is InChI=1S/C12H16O3/c1-8-4-5-10(6-9(8)2)7-11(15-3)12(13)14/h4-6,11H,7H2,1-3H3,(H,13,14)/t11-/m1/s1. The zero-order valence-electron chi connectivity index (χ0n) is 9.28. The molecule has 15 heavy (non-hydrogen) atoms. The van der Waals surface area contributed by atoms with Gasteiger partial charge in [0.2, 0.25) is 0 Å². The molecule has 0 aromatic heterocycles. The molecule has 1 atom stereocenters. The van der Waals surface area contributed by atoms with E-state index in [0.717, 1.165) is 5.56 Å². The summed E-state index contributed by atoms with van der Waals surface area (Å²) in [5.74, 6) is -0.921. The van der Waals surface area contributed by atoms with Crippen LogP contribution in [-0.2, 0) is 16.0 Å². The molecule has 1 rings (SSSR count). The van der Waals surface area contributed by atoms with Gasteiger partial charge < -0.3 is 9.84 Å². The third kappa shape index (κ3) is 3.06. The van der Waals surface area contributed by atoms with E-state index < -0.39 is 12.1 Å². The van der Waals surface area contributed by atoms with E-state index in [1.807, 2.05) is 32.0 Å². The van der Waals surface area contributed by atoms with Crippen molar-refractivity contribution in [1.29, 1.82) is 0 Å². The minimum atomic E-state index is -0.921. The monoisotopic (exact) mass is 208 g/mol. The molecule has 1 N–H and O–H groups in total. The Morgan fingerprint density at radius 1 is 1.40 bits per heavy atom. The molecule has 0 fully saturated rings. The summed E-state index contributed by atoms with van der Waals surface area (Å²) in [6, 6.07) is 5.95. The van der Waals surface area contributed by atoms with E-state index in [9.17, 15) is 4.79 Å². The fraction of sp³-hybridized carbons (Fsp3) is 0.417. The van der Waals surface area contributed by atoms with Gasteiger partial charge in [-0.05, 0) is 30.5 Å². The number of aryl methyl sites for hydroxylation is 2. The average molecular weight is 208 g/mol. The number of hydrogen-bond acceptors (Lipinski definition) is 2. The minimum Gasteiger partial charge on any atom is -0.479 e. The molecule has 0 aliphatic carbocycles. The maximum absolute atomic E-state index is 10.8. The summed E-state index contributed by atoms with van der Waals surface area (Å²) in [7, 11) is 1.42. The highest BCUT2D eigenvalue weighted by Gasteiger charge is 2.16. The molecule has 0 aliphatic rings. The molecule has 0 aliphatic heterocycles. The summed E-state index contributed by atoms with van der Waals surface area (Å²) in [5, 5.41) is 8.83. The summed E-state index contributed by atoms with van der Waals surface area (Å²) in [6.45, 7) is 4.05. The van der Waals surface area contributed by atoms with Gasteiger partial charge >= 0.3 is 5.97 Å². The Balaban J connectivity index is 2.80. The second-order valence-electron chi connectivity index (χ2n) is 3.69. The number of rotatable bonds is 4. The molecule has 3 heteroatoms. The van der Waals surface area contributed by atoms with Crippen LogP contribution in [0.5, 0.6) is 0 Å². The summed E-state index contributed by atoms with van der Waals surface area (Å²) in [4.78, 5) is 10.8. The van der Waals surface area contributed by atoms with Crippen LogP contribution in [0.1, 0.15) is 16.7 Å². The SMILES string of the molecule is CO[C@H](Cc1ccc(C)c(C)c1)C(=O)O. The van der Waals surface area contributed by atoms with E-state index in [1.165, 1.54) is 18.2 Å². The number of carbonyl (C=O) groups is 1. The number of benzene rings is 1.